The minimum atomic E-state index is -1.30. The Labute approximate surface area is 283 Å². The number of aliphatic hydroxyl groups is 4. The third kappa shape index (κ3) is 28.5. The lowest BCUT2D eigenvalue weighted by molar-refractivity contribution is -0.132. The molecule has 268 valence electrons. The summed E-state index contributed by atoms with van der Waals surface area (Å²) < 4.78 is 0. The van der Waals surface area contributed by atoms with Gasteiger partial charge >= 0.3 is 0 Å². The van der Waals surface area contributed by atoms with Crippen molar-refractivity contribution in [1.29, 1.82) is 0 Å². The molecule has 6 heteroatoms. The topological polar surface area (TPSA) is 110 Å². The predicted octanol–water partition coefficient (Wildman–Crippen LogP) is 9.17. The van der Waals surface area contributed by atoms with Gasteiger partial charge in [-0.1, -0.05) is 133 Å². The Hall–Kier alpha value is -1.73. The Bertz CT molecular complexity index is 778. The summed E-state index contributed by atoms with van der Waals surface area (Å²) in [5.41, 5.74) is 0. The zero-order valence-corrected chi connectivity index (χ0v) is 29.8. The Kier molecular flexibility index (Phi) is 33.3. The van der Waals surface area contributed by atoms with Crippen LogP contribution in [-0.4, -0.2) is 57.3 Å². The molecule has 46 heavy (non-hydrogen) atoms. The lowest BCUT2D eigenvalue weighted by Crippen LogP contribution is -2.53. The maximum Gasteiger partial charge on any atom is 0.249 e. The van der Waals surface area contributed by atoms with Gasteiger partial charge in [-0.15, -0.1) is 0 Å². The highest BCUT2D eigenvalue weighted by atomic mass is 16.3. The second kappa shape index (κ2) is 34.6. The molecule has 0 rings (SSSR count). The molecule has 0 saturated carbocycles. The molecule has 6 nitrogen and oxygen atoms in total. The number of carbonyl (C=O) groups is 1. The van der Waals surface area contributed by atoms with E-state index >= 15 is 0 Å². The van der Waals surface area contributed by atoms with Crippen LogP contribution < -0.4 is 5.32 Å². The quantitative estimate of drug-likeness (QED) is 0.0360. The third-order valence-corrected chi connectivity index (χ3v) is 8.48. The Morgan fingerprint density at radius 2 is 0.913 bits per heavy atom. The molecule has 1 amide bonds. The highest BCUT2D eigenvalue weighted by molar-refractivity contribution is 5.80. The van der Waals surface area contributed by atoms with Crippen LogP contribution >= 0.6 is 0 Å². The van der Waals surface area contributed by atoms with Gasteiger partial charge < -0.3 is 25.7 Å². The maximum atomic E-state index is 12.3. The first-order valence-electron chi connectivity index (χ1n) is 19.0. The molecule has 0 radical (unpaired) electrons. The average Bonchev–Trinajstić information content (AvgIpc) is 3.06. The molecule has 0 aliphatic rings. The molecule has 0 fully saturated rings. The summed E-state index contributed by atoms with van der Waals surface area (Å²) in [5, 5.41) is 43.2. The number of hydrogen-bond acceptors (Lipinski definition) is 5. The van der Waals surface area contributed by atoms with Crippen LogP contribution in [0.1, 0.15) is 168 Å². The predicted molar refractivity (Wildman–Crippen MR) is 196 cm³/mol. The van der Waals surface area contributed by atoms with E-state index in [0.717, 1.165) is 44.9 Å². The van der Waals surface area contributed by atoms with Gasteiger partial charge in [-0.25, -0.2) is 0 Å². The van der Waals surface area contributed by atoms with Gasteiger partial charge in [0, 0.05) is 0 Å². The number of carbonyl (C=O) groups excluding carboxylic acids is 1. The van der Waals surface area contributed by atoms with E-state index in [9.17, 15) is 25.2 Å². The van der Waals surface area contributed by atoms with Crippen LogP contribution in [-0.2, 0) is 4.79 Å². The molecule has 4 atom stereocenters. The fraction of sp³-hybridized carbons (Fsp3) is 0.775. The first-order valence-corrected chi connectivity index (χ1v) is 19.0. The van der Waals surface area contributed by atoms with Gasteiger partial charge in [-0.2, -0.15) is 0 Å². The van der Waals surface area contributed by atoms with E-state index in [0.29, 0.717) is 19.3 Å². The summed E-state index contributed by atoms with van der Waals surface area (Å²) in [4.78, 5) is 12.3. The Morgan fingerprint density at radius 1 is 0.522 bits per heavy atom. The summed E-state index contributed by atoms with van der Waals surface area (Å²) >= 11 is 0. The molecule has 5 N–H and O–H groups in total. The van der Waals surface area contributed by atoms with Gasteiger partial charge in [0.2, 0.25) is 5.91 Å². The number of hydrogen-bond donors (Lipinski definition) is 5. The number of nitrogens with one attached hydrogen (secondary N) is 1. The smallest absolute Gasteiger partial charge is 0.249 e. The van der Waals surface area contributed by atoms with Gasteiger partial charge in [0.15, 0.2) is 0 Å². The molecule has 0 saturated heterocycles. The van der Waals surface area contributed by atoms with Crippen molar-refractivity contribution in [3.8, 4) is 0 Å². The Morgan fingerprint density at radius 3 is 1.39 bits per heavy atom. The highest BCUT2D eigenvalue weighted by Gasteiger charge is 2.28. The fourth-order valence-electron chi connectivity index (χ4n) is 5.38. The van der Waals surface area contributed by atoms with Crippen LogP contribution in [0.15, 0.2) is 48.6 Å². The van der Waals surface area contributed by atoms with Crippen molar-refractivity contribution in [2.24, 2.45) is 0 Å². The first-order chi connectivity index (χ1) is 22.5. The van der Waals surface area contributed by atoms with E-state index < -0.39 is 36.9 Å². The second-order valence-electron chi connectivity index (χ2n) is 12.9. The number of allylic oxidation sites excluding steroid dienone is 8. The molecule has 0 aliphatic carbocycles. The van der Waals surface area contributed by atoms with Crippen LogP contribution in [0.5, 0.6) is 0 Å². The largest absolute Gasteiger partial charge is 0.394 e. The van der Waals surface area contributed by atoms with Gasteiger partial charge in [0.25, 0.3) is 0 Å². The summed E-state index contributed by atoms with van der Waals surface area (Å²) in [6.45, 7) is 3.94. The fourth-order valence-corrected chi connectivity index (χ4v) is 5.38. The molecule has 4 unspecified atom stereocenters. The van der Waals surface area contributed by atoms with Gasteiger partial charge in [0.1, 0.15) is 12.2 Å². The molecular formula is C40H73NO5. The molecule has 0 spiro atoms. The second-order valence-corrected chi connectivity index (χ2v) is 12.9. The summed E-state index contributed by atoms with van der Waals surface area (Å²) in [5.74, 6) is -0.639. The van der Waals surface area contributed by atoms with Gasteiger partial charge in [-0.05, 0) is 83.5 Å². The van der Waals surface area contributed by atoms with E-state index in [-0.39, 0.29) is 6.42 Å². The normalized spacial score (nSPS) is 15.0. The lowest BCUT2D eigenvalue weighted by atomic mass is 10.0. The van der Waals surface area contributed by atoms with E-state index in [1.807, 2.05) is 6.08 Å². The van der Waals surface area contributed by atoms with Crippen LogP contribution in [0.4, 0.5) is 0 Å². The average molecular weight is 648 g/mol. The van der Waals surface area contributed by atoms with Crippen LogP contribution in [0.25, 0.3) is 0 Å². The van der Waals surface area contributed by atoms with Crippen molar-refractivity contribution in [2.45, 2.75) is 192 Å². The standard InChI is InChI=1S/C40H73NO5/c1-3-5-7-9-11-13-14-15-16-17-18-19-20-21-22-23-24-25-26-28-29-31-33-37(43)39(45)36(35-42)41-40(46)38(44)34-32-30-27-12-10-8-6-4-2/h18-19,22-23,26-28,30,36-39,42-45H,3-17,20-21,24-25,29,31-35H2,1-2H3,(H,41,46)/b19-18+,23-22+,28-26+,30-27-. The maximum absolute atomic E-state index is 12.3. The minimum absolute atomic E-state index is 0.271. The van der Waals surface area contributed by atoms with Gasteiger partial charge in [0.05, 0.1) is 18.8 Å². The number of aliphatic hydroxyl groups excluding tert-OH is 4. The zero-order valence-electron chi connectivity index (χ0n) is 29.8. The minimum Gasteiger partial charge on any atom is -0.394 e. The molecule has 0 aliphatic heterocycles. The van der Waals surface area contributed by atoms with E-state index in [1.165, 1.54) is 83.5 Å². The van der Waals surface area contributed by atoms with Crippen molar-refractivity contribution in [1.82, 2.24) is 5.32 Å². The molecule has 0 aromatic carbocycles. The van der Waals surface area contributed by atoms with Crippen LogP contribution in [0.2, 0.25) is 0 Å². The summed E-state index contributed by atoms with van der Waals surface area (Å²) in [7, 11) is 0. The van der Waals surface area contributed by atoms with E-state index in [4.69, 9.17) is 0 Å². The van der Waals surface area contributed by atoms with Crippen LogP contribution in [0.3, 0.4) is 0 Å². The molecular weight excluding hydrogens is 574 g/mol. The van der Waals surface area contributed by atoms with Crippen molar-refractivity contribution >= 4 is 5.91 Å². The Balaban J connectivity index is 3.88. The first kappa shape index (κ1) is 44.3. The number of rotatable bonds is 33. The number of unbranched alkanes of at least 4 members (excludes halogenated alkanes) is 16. The number of amides is 1. The monoisotopic (exact) mass is 648 g/mol. The van der Waals surface area contributed by atoms with Crippen molar-refractivity contribution in [3.05, 3.63) is 48.6 Å². The molecule has 0 aromatic rings. The summed E-state index contributed by atoms with van der Waals surface area (Å²) in [6.07, 6.45) is 40.2. The molecule has 0 bridgehead atoms. The summed E-state index contributed by atoms with van der Waals surface area (Å²) in [6, 6.07) is -1.02. The van der Waals surface area contributed by atoms with Crippen molar-refractivity contribution in [2.75, 3.05) is 6.61 Å². The molecule has 0 heterocycles. The SMILES string of the molecule is CCCCCC/C=C\CCC(O)C(=O)NC(CO)C(O)C(O)CCC/C=C/CC/C=C/CC/C=C/CCCCCCCCCCC. The lowest BCUT2D eigenvalue weighted by Gasteiger charge is -2.27. The van der Waals surface area contributed by atoms with Gasteiger partial charge in [-0.3, -0.25) is 4.79 Å². The van der Waals surface area contributed by atoms with E-state index in [1.54, 1.807) is 0 Å². The van der Waals surface area contributed by atoms with E-state index in [2.05, 4.69) is 61.7 Å². The highest BCUT2D eigenvalue weighted by Crippen LogP contribution is 2.12. The molecule has 0 aromatic heterocycles. The van der Waals surface area contributed by atoms with Crippen molar-refractivity contribution in [3.63, 3.8) is 0 Å². The third-order valence-electron chi connectivity index (χ3n) is 8.48. The van der Waals surface area contributed by atoms with Crippen LogP contribution in [0, 0.1) is 0 Å². The zero-order chi connectivity index (χ0) is 33.9. The van der Waals surface area contributed by atoms with Crippen molar-refractivity contribution < 1.29 is 25.2 Å².